The van der Waals surface area contributed by atoms with E-state index in [0.717, 1.165) is 17.7 Å². The number of carbonyl (C=O) groups is 3. The van der Waals surface area contributed by atoms with Crippen molar-refractivity contribution >= 4 is 23.8 Å². The predicted molar refractivity (Wildman–Crippen MR) is 156 cm³/mol. The van der Waals surface area contributed by atoms with Crippen LogP contribution in [0.4, 0.5) is 26.3 Å². The number of likely N-dealkylation sites (tertiary alicyclic amines) is 1. The average Bonchev–Trinajstić information content (AvgIpc) is 3.50. The molecule has 0 radical (unpaired) electrons. The SMILES string of the molecule is O=C(NCc1cc(C(F)(F)F)cc(C(F)(F)F)c1)C(CCN1CCC2(C=Cc3ccccc32)CC1)N1C(=O)c2ccccc2C1=O. The number of hydrogen-bond acceptors (Lipinski definition) is 4. The molecule has 240 valence electrons. The van der Waals surface area contributed by atoms with Gasteiger partial charge < -0.3 is 10.2 Å². The summed E-state index contributed by atoms with van der Waals surface area (Å²) in [4.78, 5) is 43.2. The van der Waals surface area contributed by atoms with Gasteiger partial charge in [0, 0.05) is 18.5 Å². The van der Waals surface area contributed by atoms with E-state index in [9.17, 15) is 40.7 Å². The highest BCUT2D eigenvalue weighted by Gasteiger charge is 2.44. The summed E-state index contributed by atoms with van der Waals surface area (Å²) in [5.41, 5.74) is -0.857. The molecule has 46 heavy (non-hydrogen) atoms. The fraction of sp³-hybridized carbons (Fsp3) is 0.324. The molecule has 12 heteroatoms. The number of allylic oxidation sites excluding steroid dienone is 1. The van der Waals surface area contributed by atoms with Crippen molar-refractivity contribution < 1.29 is 40.7 Å². The second-order valence-electron chi connectivity index (χ2n) is 11.9. The Bertz CT molecular complexity index is 1660. The van der Waals surface area contributed by atoms with Crippen LogP contribution < -0.4 is 5.32 Å². The summed E-state index contributed by atoms with van der Waals surface area (Å²) in [5.74, 6) is -2.24. The standard InChI is InChI=1S/C34H29F6N3O3/c35-33(36,37)23-17-21(18-24(19-23)34(38,39)40)20-41-29(44)28(43-30(45)25-6-2-3-7-26(25)31(43)46)10-14-42-15-12-32(13-16-42)11-9-22-5-1-4-8-27(22)32/h1-9,11,17-19,28H,10,12-16,20H2,(H,41,44). The van der Waals surface area contributed by atoms with Crippen molar-refractivity contribution in [3.8, 4) is 0 Å². The van der Waals surface area contributed by atoms with Gasteiger partial charge in [-0.25, -0.2) is 0 Å². The van der Waals surface area contributed by atoms with Crippen LogP contribution in [0, 0.1) is 0 Å². The maximum Gasteiger partial charge on any atom is 0.416 e. The number of amides is 3. The largest absolute Gasteiger partial charge is 0.416 e. The monoisotopic (exact) mass is 641 g/mol. The van der Waals surface area contributed by atoms with Crippen LogP contribution >= 0.6 is 0 Å². The first kappa shape index (κ1) is 31.5. The molecule has 3 aromatic carbocycles. The maximum absolute atomic E-state index is 13.6. The van der Waals surface area contributed by atoms with Crippen molar-refractivity contribution in [2.24, 2.45) is 0 Å². The Hall–Kier alpha value is -4.45. The van der Waals surface area contributed by atoms with Gasteiger partial charge >= 0.3 is 12.4 Å². The Morgan fingerprint density at radius 1 is 0.826 bits per heavy atom. The first-order chi connectivity index (χ1) is 21.8. The lowest BCUT2D eigenvalue weighted by atomic mass is 9.74. The Balaban J connectivity index is 1.20. The number of carbonyl (C=O) groups excluding carboxylic acids is 3. The Labute approximate surface area is 260 Å². The molecule has 1 aliphatic carbocycles. The summed E-state index contributed by atoms with van der Waals surface area (Å²) in [6, 6.07) is 14.0. The zero-order chi connectivity index (χ0) is 32.9. The molecule has 3 amide bonds. The lowest BCUT2D eigenvalue weighted by Crippen LogP contribution is -2.51. The topological polar surface area (TPSA) is 69.7 Å². The summed E-state index contributed by atoms with van der Waals surface area (Å²) in [6.07, 6.45) is -4.09. The normalized spacial score (nSPS) is 18.2. The third kappa shape index (κ3) is 5.93. The first-order valence-corrected chi connectivity index (χ1v) is 14.8. The Morgan fingerprint density at radius 3 is 1.98 bits per heavy atom. The van der Waals surface area contributed by atoms with E-state index in [-0.39, 0.29) is 29.0 Å². The van der Waals surface area contributed by atoms with Gasteiger partial charge in [-0.2, -0.15) is 26.3 Å². The molecule has 1 saturated heterocycles. The molecule has 0 aromatic heterocycles. The van der Waals surface area contributed by atoms with E-state index in [1.165, 1.54) is 23.3 Å². The third-order valence-electron chi connectivity index (χ3n) is 9.10. The first-order valence-electron chi connectivity index (χ1n) is 14.8. The van der Waals surface area contributed by atoms with Crippen LogP contribution in [0.15, 0.2) is 72.8 Å². The number of alkyl halides is 6. The lowest BCUT2D eigenvalue weighted by Gasteiger charge is -2.40. The molecule has 2 heterocycles. The van der Waals surface area contributed by atoms with Crippen LogP contribution in [0.25, 0.3) is 6.08 Å². The minimum atomic E-state index is -5.05. The molecule has 0 saturated carbocycles. The fourth-order valence-corrected chi connectivity index (χ4v) is 6.65. The van der Waals surface area contributed by atoms with Gasteiger partial charge in [0.2, 0.25) is 5.91 Å². The molecule has 1 spiro atoms. The van der Waals surface area contributed by atoms with Crippen LogP contribution in [0.3, 0.4) is 0 Å². The summed E-state index contributed by atoms with van der Waals surface area (Å²) < 4.78 is 80.3. The zero-order valence-corrected chi connectivity index (χ0v) is 24.4. The van der Waals surface area contributed by atoms with Crippen molar-refractivity contribution in [1.82, 2.24) is 15.1 Å². The van der Waals surface area contributed by atoms with E-state index < -0.39 is 59.4 Å². The van der Waals surface area contributed by atoms with Gasteiger partial charge in [-0.15, -0.1) is 0 Å². The molecule has 0 bridgehead atoms. The molecule has 1 unspecified atom stereocenters. The Kier molecular flexibility index (Phi) is 8.04. The number of fused-ring (bicyclic) bond motifs is 3. The molecule has 1 fully saturated rings. The van der Waals surface area contributed by atoms with Gasteiger partial charge in [0.25, 0.3) is 11.8 Å². The van der Waals surface area contributed by atoms with Crippen LogP contribution in [0.1, 0.15) is 67.8 Å². The molecular weight excluding hydrogens is 612 g/mol. The number of piperidine rings is 1. The van der Waals surface area contributed by atoms with E-state index in [2.05, 4.69) is 34.5 Å². The van der Waals surface area contributed by atoms with E-state index in [4.69, 9.17) is 0 Å². The van der Waals surface area contributed by atoms with E-state index in [1.54, 1.807) is 12.1 Å². The molecule has 1 atom stereocenters. The smallest absolute Gasteiger partial charge is 0.350 e. The number of rotatable bonds is 7. The number of benzene rings is 3. The van der Waals surface area contributed by atoms with E-state index >= 15 is 0 Å². The lowest BCUT2D eigenvalue weighted by molar-refractivity contribution is -0.143. The van der Waals surface area contributed by atoms with Crippen molar-refractivity contribution in [2.45, 2.75) is 49.6 Å². The zero-order valence-electron chi connectivity index (χ0n) is 24.4. The number of imide groups is 1. The number of nitrogens with zero attached hydrogens (tertiary/aromatic N) is 2. The molecule has 2 aliphatic heterocycles. The van der Waals surface area contributed by atoms with Crippen LogP contribution in [-0.4, -0.2) is 53.2 Å². The molecule has 3 aromatic rings. The number of nitrogens with one attached hydrogen (secondary N) is 1. The van der Waals surface area contributed by atoms with Crippen molar-refractivity contribution in [3.63, 3.8) is 0 Å². The van der Waals surface area contributed by atoms with Crippen molar-refractivity contribution in [1.29, 1.82) is 0 Å². The molecule has 1 N–H and O–H groups in total. The maximum atomic E-state index is 13.6. The summed E-state index contributed by atoms with van der Waals surface area (Å²) in [5, 5.41) is 2.39. The van der Waals surface area contributed by atoms with Crippen molar-refractivity contribution in [3.05, 3.63) is 112 Å². The van der Waals surface area contributed by atoms with E-state index in [0.29, 0.717) is 31.8 Å². The van der Waals surface area contributed by atoms with Gasteiger partial charge in [0.15, 0.2) is 0 Å². The van der Waals surface area contributed by atoms with Crippen LogP contribution in [0.5, 0.6) is 0 Å². The van der Waals surface area contributed by atoms with E-state index in [1.807, 2.05) is 12.1 Å². The van der Waals surface area contributed by atoms with Crippen LogP contribution in [-0.2, 0) is 29.1 Å². The quantitative estimate of drug-likeness (QED) is 0.238. The molecule has 6 nitrogen and oxygen atoms in total. The molecule has 3 aliphatic rings. The second-order valence-corrected chi connectivity index (χ2v) is 11.9. The summed E-state index contributed by atoms with van der Waals surface area (Å²) >= 11 is 0. The van der Waals surface area contributed by atoms with Gasteiger partial charge in [-0.1, -0.05) is 48.6 Å². The summed E-state index contributed by atoms with van der Waals surface area (Å²) in [6.45, 7) is 1.01. The van der Waals surface area contributed by atoms with Gasteiger partial charge in [-0.3, -0.25) is 19.3 Å². The highest BCUT2D eigenvalue weighted by molar-refractivity contribution is 6.22. The highest BCUT2D eigenvalue weighted by atomic mass is 19.4. The predicted octanol–water partition coefficient (Wildman–Crippen LogP) is 6.46. The second kappa shape index (κ2) is 11.7. The average molecular weight is 642 g/mol. The van der Waals surface area contributed by atoms with Crippen molar-refractivity contribution in [2.75, 3.05) is 19.6 Å². The minimum absolute atomic E-state index is 0.00955. The minimum Gasteiger partial charge on any atom is -0.350 e. The Morgan fingerprint density at radius 2 is 1.39 bits per heavy atom. The molecule has 6 rings (SSSR count). The fourth-order valence-electron chi connectivity index (χ4n) is 6.65. The summed E-state index contributed by atoms with van der Waals surface area (Å²) in [7, 11) is 0. The van der Waals surface area contributed by atoms with Gasteiger partial charge in [-0.05, 0) is 79.4 Å². The van der Waals surface area contributed by atoms with Crippen LogP contribution in [0.2, 0.25) is 0 Å². The van der Waals surface area contributed by atoms with Gasteiger partial charge in [0.1, 0.15) is 6.04 Å². The number of hydrogen-bond donors (Lipinski definition) is 1. The van der Waals surface area contributed by atoms with Gasteiger partial charge in [0.05, 0.1) is 22.3 Å². The third-order valence-corrected chi connectivity index (χ3v) is 9.10. The molecular formula is C34H29F6N3O3. The number of halogens is 6. The highest BCUT2D eigenvalue weighted by Crippen LogP contribution is 2.43.